The van der Waals surface area contributed by atoms with E-state index in [9.17, 15) is 4.79 Å². The number of rotatable bonds is 6. The van der Waals surface area contributed by atoms with Gasteiger partial charge in [-0.1, -0.05) is 13.0 Å². The standard InChI is InChI=1S/C14H19N3OS/c1-3-19-10-11(2)15-9-12-8-14(18)17-7-5-4-6-13(17)16-12/h4-8,11,15H,3,9-10H2,1-2H3. The Kier molecular flexibility index (Phi) is 4.99. The smallest absolute Gasteiger partial charge is 0.258 e. The third-order valence-corrected chi connectivity index (χ3v) is 3.97. The highest BCUT2D eigenvalue weighted by molar-refractivity contribution is 7.99. The van der Waals surface area contributed by atoms with Gasteiger partial charge in [0.15, 0.2) is 0 Å². The maximum absolute atomic E-state index is 11.9. The summed E-state index contributed by atoms with van der Waals surface area (Å²) in [5, 5.41) is 3.39. The van der Waals surface area contributed by atoms with Crippen molar-refractivity contribution in [1.29, 1.82) is 0 Å². The molecule has 0 bridgehead atoms. The lowest BCUT2D eigenvalue weighted by Crippen LogP contribution is -2.29. The summed E-state index contributed by atoms with van der Waals surface area (Å²) < 4.78 is 1.56. The van der Waals surface area contributed by atoms with Crippen LogP contribution in [-0.4, -0.2) is 26.9 Å². The number of hydrogen-bond donors (Lipinski definition) is 1. The van der Waals surface area contributed by atoms with Crippen LogP contribution in [0.1, 0.15) is 19.5 Å². The molecule has 2 aromatic heterocycles. The summed E-state index contributed by atoms with van der Waals surface area (Å²) in [4.78, 5) is 16.4. The minimum atomic E-state index is -0.0296. The molecule has 2 heterocycles. The van der Waals surface area contributed by atoms with Gasteiger partial charge in [0.2, 0.25) is 0 Å². The zero-order valence-electron chi connectivity index (χ0n) is 11.3. The third kappa shape index (κ3) is 3.81. The summed E-state index contributed by atoms with van der Waals surface area (Å²) in [6, 6.07) is 7.58. The molecule has 0 fully saturated rings. The zero-order valence-corrected chi connectivity index (χ0v) is 12.1. The van der Waals surface area contributed by atoms with Gasteiger partial charge in [-0.25, -0.2) is 4.98 Å². The topological polar surface area (TPSA) is 46.4 Å². The molecule has 0 aliphatic rings. The minimum absolute atomic E-state index is 0.0296. The van der Waals surface area contributed by atoms with E-state index in [1.165, 1.54) is 0 Å². The van der Waals surface area contributed by atoms with Crippen molar-refractivity contribution >= 4 is 17.4 Å². The van der Waals surface area contributed by atoms with Gasteiger partial charge >= 0.3 is 0 Å². The number of thioether (sulfide) groups is 1. The van der Waals surface area contributed by atoms with Gasteiger partial charge in [-0.3, -0.25) is 9.20 Å². The Morgan fingerprint density at radius 3 is 3.11 bits per heavy atom. The van der Waals surface area contributed by atoms with Crippen LogP contribution in [0.15, 0.2) is 35.3 Å². The van der Waals surface area contributed by atoms with E-state index in [0.29, 0.717) is 18.2 Å². The molecule has 102 valence electrons. The highest BCUT2D eigenvalue weighted by Crippen LogP contribution is 2.03. The molecule has 1 unspecified atom stereocenters. The minimum Gasteiger partial charge on any atom is -0.308 e. The molecule has 4 nitrogen and oxygen atoms in total. The molecule has 1 atom stereocenters. The van der Waals surface area contributed by atoms with E-state index in [1.54, 1.807) is 16.7 Å². The fraction of sp³-hybridized carbons (Fsp3) is 0.429. The fourth-order valence-corrected chi connectivity index (χ4v) is 2.53. The molecule has 5 heteroatoms. The Morgan fingerprint density at radius 1 is 1.47 bits per heavy atom. The van der Waals surface area contributed by atoms with Crippen molar-refractivity contribution in [3.05, 3.63) is 46.5 Å². The summed E-state index contributed by atoms with van der Waals surface area (Å²) in [7, 11) is 0. The van der Waals surface area contributed by atoms with Crippen LogP contribution in [0.3, 0.4) is 0 Å². The molecule has 2 aromatic rings. The summed E-state index contributed by atoms with van der Waals surface area (Å²) in [6.07, 6.45) is 1.74. The van der Waals surface area contributed by atoms with E-state index in [1.807, 2.05) is 30.0 Å². The lowest BCUT2D eigenvalue weighted by atomic mass is 10.3. The first kappa shape index (κ1) is 14.1. The molecule has 0 amide bonds. The highest BCUT2D eigenvalue weighted by atomic mass is 32.2. The predicted molar refractivity (Wildman–Crippen MR) is 80.8 cm³/mol. The van der Waals surface area contributed by atoms with Crippen LogP contribution < -0.4 is 10.9 Å². The molecule has 0 radical (unpaired) electrons. The van der Waals surface area contributed by atoms with Crippen LogP contribution in [-0.2, 0) is 6.54 Å². The number of hydrogen-bond acceptors (Lipinski definition) is 4. The molecule has 0 aliphatic carbocycles. The van der Waals surface area contributed by atoms with E-state index >= 15 is 0 Å². The van der Waals surface area contributed by atoms with Gasteiger partial charge in [-0.15, -0.1) is 0 Å². The SMILES string of the molecule is CCSCC(C)NCc1cc(=O)n2ccccc2n1. The molecular weight excluding hydrogens is 258 g/mol. The number of pyridine rings is 1. The number of nitrogens with zero attached hydrogens (tertiary/aromatic N) is 2. The van der Waals surface area contributed by atoms with Crippen molar-refractivity contribution in [3.63, 3.8) is 0 Å². The Labute approximate surface area is 117 Å². The van der Waals surface area contributed by atoms with Crippen LogP contribution in [0, 0.1) is 0 Å². The second-order valence-electron chi connectivity index (χ2n) is 4.46. The van der Waals surface area contributed by atoms with Crippen molar-refractivity contribution < 1.29 is 0 Å². The zero-order chi connectivity index (χ0) is 13.7. The van der Waals surface area contributed by atoms with Crippen molar-refractivity contribution in [2.45, 2.75) is 26.4 Å². The van der Waals surface area contributed by atoms with Crippen LogP contribution in [0.25, 0.3) is 5.65 Å². The second kappa shape index (κ2) is 6.73. The summed E-state index contributed by atoms with van der Waals surface area (Å²) in [5.41, 5.74) is 1.46. The first-order valence-electron chi connectivity index (χ1n) is 6.49. The van der Waals surface area contributed by atoms with Gasteiger partial charge in [-0.2, -0.15) is 11.8 Å². The molecule has 0 spiro atoms. The molecule has 0 saturated carbocycles. The van der Waals surface area contributed by atoms with E-state index in [4.69, 9.17) is 0 Å². The molecule has 1 N–H and O–H groups in total. The molecule has 0 aromatic carbocycles. The van der Waals surface area contributed by atoms with Gasteiger partial charge in [0, 0.05) is 30.6 Å². The summed E-state index contributed by atoms with van der Waals surface area (Å²) >= 11 is 1.91. The first-order chi connectivity index (χ1) is 9.20. The lowest BCUT2D eigenvalue weighted by molar-refractivity contribution is 0.587. The average Bonchev–Trinajstić information content (AvgIpc) is 2.43. The van der Waals surface area contributed by atoms with Crippen molar-refractivity contribution in [2.75, 3.05) is 11.5 Å². The Hall–Kier alpha value is -1.33. The first-order valence-corrected chi connectivity index (χ1v) is 7.64. The molecule has 0 aliphatic heterocycles. The maximum Gasteiger partial charge on any atom is 0.258 e. The normalized spacial score (nSPS) is 12.7. The van der Waals surface area contributed by atoms with Crippen molar-refractivity contribution in [3.8, 4) is 0 Å². The number of fused-ring (bicyclic) bond motifs is 1. The maximum atomic E-state index is 11.9. The van der Waals surface area contributed by atoms with Crippen LogP contribution in [0.4, 0.5) is 0 Å². The van der Waals surface area contributed by atoms with Crippen LogP contribution in [0.5, 0.6) is 0 Å². The second-order valence-corrected chi connectivity index (χ2v) is 5.77. The van der Waals surface area contributed by atoms with Gasteiger partial charge in [0.1, 0.15) is 5.65 Å². The number of aromatic nitrogens is 2. The molecular formula is C14H19N3OS. The number of nitrogens with one attached hydrogen (secondary N) is 1. The monoisotopic (exact) mass is 277 g/mol. The molecule has 19 heavy (non-hydrogen) atoms. The van der Waals surface area contributed by atoms with E-state index in [-0.39, 0.29) is 5.56 Å². The largest absolute Gasteiger partial charge is 0.308 e. The average molecular weight is 277 g/mol. The molecule has 2 rings (SSSR count). The van der Waals surface area contributed by atoms with Gasteiger partial charge in [-0.05, 0) is 24.8 Å². The fourth-order valence-electron chi connectivity index (χ4n) is 1.83. The Balaban J connectivity index is 2.07. The van der Waals surface area contributed by atoms with Gasteiger partial charge < -0.3 is 5.32 Å². The van der Waals surface area contributed by atoms with Crippen LogP contribution in [0.2, 0.25) is 0 Å². The summed E-state index contributed by atoms with van der Waals surface area (Å²) in [5.74, 6) is 2.20. The quantitative estimate of drug-likeness (QED) is 0.876. The van der Waals surface area contributed by atoms with Crippen LogP contribution >= 0.6 is 11.8 Å². The summed E-state index contributed by atoms with van der Waals surface area (Å²) in [6.45, 7) is 4.94. The highest BCUT2D eigenvalue weighted by Gasteiger charge is 2.04. The van der Waals surface area contributed by atoms with E-state index < -0.39 is 0 Å². The van der Waals surface area contributed by atoms with Crippen molar-refractivity contribution in [2.24, 2.45) is 0 Å². The van der Waals surface area contributed by atoms with E-state index in [0.717, 1.165) is 17.2 Å². The van der Waals surface area contributed by atoms with Crippen molar-refractivity contribution in [1.82, 2.24) is 14.7 Å². The lowest BCUT2D eigenvalue weighted by Gasteiger charge is -2.12. The van der Waals surface area contributed by atoms with Gasteiger partial charge in [0.05, 0.1) is 5.69 Å². The predicted octanol–water partition coefficient (Wildman–Crippen LogP) is 1.93. The molecule has 0 saturated heterocycles. The third-order valence-electron chi connectivity index (χ3n) is 2.83. The Morgan fingerprint density at radius 2 is 2.32 bits per heavy atom. The van der Waals surface area contributed by atoms with E-state index in [2.05, 4.69) is 24.1 Å². The van der Waals surface area contributed by atoms with Gasteiger partial charge in [0.25, 0.3) is 5.56 Å². The Bertz CT molecular complexity index is 597.